The van der Waals surface area contributed by atoms with Gasteiger partial charge in [-0.25, -0.2) is 4.79 Å². The molecule has 2 heterocycles. The maximum Gasteiger partial charge on any atom is 0.323 e. The van der Waals surface area contributed by atoms with Gasteiger partial charge >= 0.3 is 5.69 Å². The van der Waals surface area contributed by atoms with E-state index in [0.717, 1.165) is 22.8 Å². The molecule has 2 N–H and O–H groups in total. The van der Waals surface area contributed by atoms with Crippen molar-refractivity contribution in [1.29, 1.82) is 0 Å². The molecule has 3 rings (SSSR count). The van der Waals surface area contributed by atoms with Gasteiger partial charge in [0.25, 0.3) is 5.91 Å². The number of carbonyl (C=O) groups is 1. The van der Waals surface area contributed by atoms with Crippen LogP contribution < -0.4 is 5.69 Å². The third kappa shape index (κ3) is 3.23. The van der Waals surface area contributed by atoms with E-state index in [0.29, 0.717) is 18.8 Å². The molecule has 0 saturated carbocycles. The molecule has 1 amide bonds. The molecular weight excluding hydrogens is 322 g/mol. The van der Waals surface area contributed by atoms with E-state index in [9.17, 15) is 9.59 Å². The number of imidazole rings is 1. The van der Waals surface area contributed by atoms with E-state index >= 15 is 0 Å². The van der Waals surface area contributed by atoms with Crippen LogP contribution in [-0.4, -0.2) is 39.6 Å². The Kier molecular flexibility index (Phi) is 4.59. The van der Waals surface area contributed by atoms with Crippen LogP contribution in [0.4, 0.5) is 0 Å². The van der Waals surface area contributed by atoms with Crippen LogP contribution in [0.1, 0.15) is 27.7 Å². The zero-order chi connectivity index (χ0) is 15.5. The molecule has 1 unspecified atom stereocenters. The van der Waals surface area contributed by atoms with Gasteiger partial charge in [-0.3, -0.25) is 4.79 Å². The Hall–Kier alpha value is -1.66. The Morgan fingerprint density at radius 1 is 1.32 bits per heavy atom. The van der Waals surface area contributed by atoms with Gasteiger partial charge in [-0.05, 0) is 18.1 Å². The first-order valence-electron chi connectivity index (χ1n) is 7.08. The highest BCUT2D eigenvalue weighted by Crippen LogP contribution is 2.37. The van der Waals surface area contributed by atoms with Crippen molar-refractivity contribution in [3.05, 3.63) is 57.2 Å². The summed E-state index contributed by atoms with van der Waals surface area (Å²) in [6.07, 6.45) is 2.27. The zero-order valence-corrected chi connectivity index (χ0v) is 13.4. The summed E-state index contributed by atoms with van der Waals surface area (Å²) >= 11 is 8.09. The zero-order valence-electron chi connectivity index (χ0n) is 11.8. The van der Waals surface area contributed by atoms with E-state index < -0.39 is 0 Å². The van der Waals surface area contributed by atoms with E-state index in [1.807, 2.05) is 36.0 Å². The fraction of sp³-hybridized carbons (Fsp3) is 0.333. The third-order valence-corrected chi connectivity index (χ3v) is 5.36. The van der Waals surface area contributed by atoms with Crippen molar-refractivity contribution >= 4 is 29.3 Å². The molecule has 7 heteroatoms. The fourth-order valence-electron chi connectivity index (χ4n) is 2.58. The Morgan fingerprint density at radius 2 is 2.14 bits per heavy atom. The Labute approximate surface area is 137 Å². The number of amides is 1. The van der Waals surface area contributed by atoms with Gasteiger partial charge in [0.1, 0.15) is 5.69 Å². The second kappa shape index (κ2) is 6.62. The average Bonchev–Trinajstić information content (AvgIpc) is 2.81. The smallest absolute Gasteiger partial charge is 0.323 e. The molecule has 1 fully saturated rings. The lowest BCUT2D eigenvalue weighted by Crippen LogP contribution is -2.33. The minimum absolute atomic E-state index is 0.140. The molecule has 0 bridgehead atoms. The standard InChI is InChI=1S/C15H16ClN3O2S/c16-11-4-2-1-3-10(11)13-5-6-19(7-8-22-13)14(20)12-9-17-15(21)18-12/h1-4,9,13H,5-8H2,(H2,17,18,21). The van der Waals surface area contributed by atoms with E-state index in [-0.39, 0.29) is 16.8 Å². The summed E-state index contributed by atoms with van der Waals surface area (Å²) in [5.74, 6) is 0.703. The van der Waals surface area contributed by atoms with Gasteiger partial charge in [-0.2, -0.15) is 11.8 Å². The summed E-state index contributed by atoms with van der Waals surface area (Å²) in [5.41, 5.74) is 1.08. The normalized spacial score (nSPS) is 19.0. The number of benzene rings is 1. The second-order valence-corrected chi connectivity index (χ2v) is 6.84. The minimum atomic E-state index is -0.360. The van der Waals surface area contributed by atoms with Gasteiger partial charge < -0.3 is 14.9 Å². The highest BCUT2D eigenvalue weighted by molar-refractivity contribution is 7.99. The Bertz CT molecular complexity index is 727. The lowest BCUT2D eigenvalue weighted by molar-refractivity contribution is 0.0761. The molecule has 1 atom stereocenters. The van der Waals surface area contributed by atoms with Gasteiger partial charge in [-0.15, -0.1) is 0 Å². The van der Waals surface area contributed by atoms with Crippen LogP contribution in [0, 0.1) is 0 Å². The van der Waals surface area contributed by atoms with Crippen LogP contribution in [-0.2, 0) is 0 Å². The van der Waals surface area contributed by atoms with Crippen molar-refractivity contribution in [2.75, 3.05) is 18.8 Å². The van der Waals surface area contributed by atoms with E-state index in [2.05, 4.69) is 9.97 Å². The van der Waals surface area contributed by atoms with Gasteiger partial charge in [0.15, 0.2) is 0 Å². The molecule has 0 radical (unpaired) electrons. The highest BCUT2D eigenvalue weighted by atomic mass is 35.5. The Balaban J connectivity index is 1.71. The predicted octanol–water partition coefficient (Wildman–Crippen LogP) is 2.68. The number of halogens is 1. The van der Waals surface area contributed by atoms with Crippen molar-refractivity contribution in [1.82, 2.24) is 14.9 Å². The molecule has 2 aromatic rings. The van der Waals surface area contributed by atoms with Crippen LogP contribution in [0.25, 0.3) is 0 Å². The lowest BCUT2D eigenvalue weighted by atomic mass is 10.1. The number of hydrogen-bond donors (Lipinski definition) is 2. The van der Waals surface area contributed by atoms with Crippen molar-refractivity contribution in [3.63, 3.8) is 0 Å². The van der Waals surface area contributed by atoms with E-state index in [1.165, 1.54) is 6.20 Å². The van der Waals surface area contributed by atoms with Crippen LogP contribution in [0.5, 0.6) is 0 Å². The summed E-state index contributed by atoms with van der Waals surface area (Å²) in [7, 11) is 0. The first-order chi connectivity index (χ1) is 10.6. The molecule has 0 spiro atoms. The molecule has 1 saturated heterocycles. The molecule has 0 aliphatic carbocycles. The highest BCUT2D eigenvalue weighted by Gasteiger charge is 2.24. The molecule has 1 aromatic carbocycles. The van der Waals surface area contributed by atoms with Gasteiger partial charge in [0.05, 0.1) is 0 Å². The van der Waals surface area contributed by atoms with Crippen LogP contribution in [0.2, 0.25) is 5.02 Å². The van der Waals surface area contributed by atoms with Crippen LogP contribution in [0.15, 0.2) is 35.3 Å². The number of H-pyrrole nitrogens is 2. The van der Waals surface area contributed by atoms with Crippen molar-refractivity contribution < 1.29 is 4.79 Å². The van der Waals surface area contributed by atoms with E-state index in [4.69, 9.17) is 11.6 Å². The molecule has 1 aliphatic heterocycles. The maximum atomic E-state index is 12.4. The molecule has 1 aromatic heterocycles. The Morgan fingerprint density at radius 3 is 2.86 bits per heavy atom. The largest absolute Gasteiger partial charge is 0.336 e. The topological polar surface area (TPSA) is 69.0 Å². The average molecular weight is 338 g/mol. The van der Waals surface area contributed by atoms with Gasteiger partial charge in [-0.1, -0.05) is 29.8 Å². The molecule has 22 heavy (non-hydrogen) atoms. The first kappa shape index (κ1) is 15.2. The summed E-state index contributed by atoms with van der Waals surface area (Å²) in [5, 5.41) is 1.06. The van der Waals surface area contributed by atoms with E-state index in [1.54, 1.807) is 4.90 Å². The van der Waals surface area contributed by atoms with Gasteiger partial charge in [0, 0.05) is 35.3 Å². The van der Waals surface area contributed by atoms with Crippen LogP contribution >= 0.6 is 23.4 Å². The number of aromatic nitrogens is 2. The maximum absolute atomic E-state index is 12.4. The summed E-state index contributed by atoms with van der Waals surface area (Å²) < 4.78 is 0. The number of carbonyl (C=O) groups excluding carboxylic acids is 1. The van der Waals surface area contributed by atoms with Crippen molar-refractivity contribution in [2.24, 2.45) is 0 Å². The van der Waals surface area contributed by atoms with Crippen molar-refractivity contribution in [3.8, 4) is 0 Å². The first-order valence-corrected chi connectivity index (χ1v) is 8.51. The third-order valence-electron chi connectivity index (χ3n) is 3.71. The number of rotatable bonds is 2. The lowest BCUT2D eigenvalue weighted by Gasteiger charge is -2.19. The summed E-state index contributed by atoms with van der Waals surface area (Å²) in [6.45, 7) is 1.31. The summed E-state index contributed by atoms with van der Waals surface area (Å²) in [4.78, 5) is 30.3. The quantitative estimate of drug-likeness (QED) is 0.885. The molecule has 116 valence electrons. The second-order valence-electron chi connectivity index (χ2n) is 5.12. The molecule has 5 nitrogen and oxygen atoms in total. The monoisotopic (exact) mass is 337 g/mol. The number of aromatic amines is 2. The van der Waals surface area contributed by atoms with Crippen LogP contribution in [0.3, 0.4) is 0 Å². The number of hydrogen-bond acceptors (Lipinski definition) is 3. The minimum Gasteiger partial charge on any atom is -0.336 e. The van der Waals surface area contributed by atoms with Crippen molar-refractivity contribution in [2.45, 2.75) is 11.7 Å². The fourth-order valence-corrected chi connectivity index (χ4v) is 4.18. The number of nitrogens with zero attached hydrogens (tertiary/aromatic N) is 1. The predicted molar refractivity (Wildman–Crippen MR) is 88.6 cm³/mol. The van der Waals surface area contributed by atoms with Gasteiger partial charge in [0.2, 0.25) is 0 Å². The number of thioether (sulfide) groups is 1. The molecule has 1 aliphatic rings. The summed E-state index contributed by atoms with van der Waals surface area (Å²) in [6, 6.07) is 7.85. The SMILES string of the molecule is O=C(c1c[nH]c(=O)[nH]1)N1CCSC(c2ccccc2Cl)CC1. The number of nitrogens with one attached hydrogen (secondary N) is 2. The molecular formula is C15H16ClN3O2S.